The van der Waals surface area contributed by atoms with Gasteiger partial charge in [0.05, 0.1) is 7.11 Å². The molecule has 2 N–H and O–H groups in total. The largest absolute Gasteiger partial charge is 0.469 e. The van der Waals surface area contributed by atoms with E-state index in [0.29, 0.717) is 18.5 Å². The highest BCUT2D eigenvalue weighted by molar-refractivity contribution is 5.69. The minimum Gasteiger partial charge on any atom is -0.469 e. The molecule has 0 fully saturated rings. The van der Waals surface area contributed by atoms with E-state index in [1.54, 1.807) is 6.20 Å². The number of rotatable bonds is 5. The van der Waals surface area contributed by atoms with Crippen molar-refractivity contribution in [3.63, 3.8) is 0 Å². The number of nitriles is 1. The average molecular weight is 223 g/mol. The number of esters is 1. The molecule has 0 saturated heterocycles. The van der Waals surface area contributed by atoms with Gasteiger partial charge in [-0.2, -0.15) is 5.26 Å². The van der Waals surface area contributed by atoms with Gasteiger partial charge in [0.2, 0.25) is 0 Å². The van der Waals surface area contributed by atoms with Crippen LogP contribution in [0.1, 0.15) is 23.2 Å². The molecule has 5 heteroatoms. The first-order chi connectivity index (χ1) is 7.72. The highest BCUT2D eigenvalue weighted by atomic mass is 16.5. The highest BCUT2D eigenvalue weighted by Gasteiger charge is 2.11. The van der Waals surface area contributed by atoms with Gasteiger partial charge in [-0.3, -0.25) is 4.79 Å². The van der Waals surface area contributed by atoms with Crippen LogP contribution in [0.4, 0.5) is 0 Å². The summed E-state index contributed by atoms with van der Waals surface area (Å²) in [6.07, 6.45) is 2.91. The summed E-state index contributed by atoms with van der Waals surface area (Å²) in [5, 5.41) is 17.7. The van der Waals surface area contributed by atoms with Crippen molar-refractivity contribution in [2.24, 2.45) is 0 Å². The number of hydrogen-bond donors (Lipinski definition) is 2. The first-order valence-electron chi connectivity index (χ1n) is 4.99. The van der Waals surface area contributed by atoms with Crippen molar-refractivity contribution in [2.45, 2.75) is 19.3 Å². The highest BCUT2D eigenvalue weighted by Crippen LogP contribution is 2.16. The van der Waals surface area contributed by atoms with E-state index in [0.717, 1.165) is 11.1 Å². The lowest BCUT2D eigenvalue weighted by Crippen LogP contribution is -2.03. The van der Waals surface area contributed by atoms with Crippen molar-refractivity contribution in [1.29, 1.82) is 5.26 Å². The Hall–Kier alpha value is -1.80. The summed E-state index contributed by atoms with van der Waals surface area (Å²) in [7, 11) is 1.34. The van der Waals surface area contributed by atoms with Gasteiger partial charge in [-0.05, 0) is 24.0 Å². The zero-order valence-electron chi connectivity index (χ0n) is 9.12. The summed E-state index contributed by atoms with van der Waals surface area (Å²) in [6, 6.07) is 2.02. The Morgan fingerprint density at radius 2 is 2.38 bits per heavy atom. The molecule has 0 unspecified atom stereocenters. The van der Waals surface area contributed by atoms with Gasteiger partial charge in [0, 0.05) is 19.2 Å². The molecule has 0 radical (unpaired) electrons. The second kappa shape index (κ2) is 5.93. The number of carbonyl (C=O) groups is 1. The zero-order valence-corrected chi connectivity index (χ0v) is 9.12. The average Bonchev–Trinajstić information content (AvgIpc) is 2.69. The Labute approximate surface area is 93.7 Å². The fourth-order valence-electron chi connectivity index (χ4n) is 1.55. The van der Waals surface area contributed by atoms with E-state index in [1.807, 2.05) is 6.07 Å². The van der Waals surface area contributed by atoms with E-state index in [2.05, 4.69) is 9.72 Å². The predicted molar refractivity (Wildman–Crippen MR) is 56.6 cm³/mol. The third kappa shape index (κ3) is 2.84. The van der Waals surface area contributed by atoms with Gasteiger partial charge < -0.3 is 14.8 Å². The molecule has 0 atom stereocenters. The summed E-state index contributed by atoms with van der Waals surface area (Å²) < 4.78 is 4.54. The molecule has 0 aliphatic rings. The Morgan fingerprint density at radius 3 is 2.94 bits per heavy atom. The van der Waals surface area contributed by atoms with E-state index in [9.17, 15) is 4.79 Å². The van der Waals surface area contributed by atoms with Gasteiger partial charge in [-0.15, -0.1) is 0 Å². The number of aromatic amines is 1. The number of carbonyl (C=O) groups excluding carboxylic acids is 1. The minimum absolute atomic E-state index is 0.0161. The number of aryl methyl sites for hydroxylation is 1. The summed E-state index contributed by atoms with van der Waals surface area (Å²) in [5.74, 6) is -0.283. The van der Waals surface area contributed by atoms with Gasteiger partial charge in [0.15, 0.2) is 0 Å². The number of nitrogens with one attached hydrogen (secondary N) is 1. The predicted octanol–water partition coefficient (Wildman–Crippen LogP) is 0.527. The van der Waals surface area contributed by atoms with Crippen LogP contribution in [0.15, 0.2) is 6.20 Å². The number of aromatic nitrogens is 1. The minimum atomic E-state index is -0.283. The maximum Gasteiger partial charge on any atom is 0.305 e. The Bertz CT molecular complexity index is 404. The Morgan fingerprint density at radius 1 is 1.62 bits per heavy atom. The molecule has 0 aliphatic carbocycles. The van der Waals surface area contributed by atoms with Crippen molar-refractivity contribution < 1.29 is 14.6 Å². The molecule has 1 heterocycles. The SMILES string of the molecule is COC(=O)CCc1c[nH]c([13C]#N)c1CCO. The molecule has 16 heavy (non-hydrogen) atoms. The summed E-state index contributed by atoms with van der Waals surface area (Å²) in [6.45, 7) is -0.0161. The molecular weight excluding hydrogens is 209 g/mol. The van der Waals surface area contributed by atoms with E-state index in [-0.39, 0.29) is 19.0 Å². The Kier molecular flexibility index (Phi) is 4.55. The molecule has 86 valence electrons. The van der Waals surface area contributed by atoms with Crippen LogP contribution in [-0.4, -0.2) is 29.8 Å². The van der Waals surface area contributed by atoms with Gasteiger partial charge in [0.1, 0.15) is 11.8 Å². The van der Waals surface area contributed by atoms with Crippen molar-refractivity contribution in [1.82, 2.24) is 4.98 Å². The molecule has 0 aromatic carbocycles. The Balaban J connectivity index is 2.76. The lowest BCUT2D eigenvalue weighted by Gasteiger charge is -2.02. The van der Waals surface area contributed by atoms with Gasteiger partial charge >= 0.3 is 5.97 Å². The third-order valence-electron chi connectivity index (χ3n) is 2.38. The van der Waals surface area contributed by atoms with Crippen LogP contribution in [0.2, 0.25) is 0 Å². The lowest BCUT2D eigenvalue weighted by atomic mass is 10.1. The lowest BCUT2D eigenvalue weighted by molar-refractivity contribution is -0.140. The summed E-state index contributed by atoms with van der Waals surface area (Å²) in [5.41, 5.74) is 2.12. The van der Waals surface area contributed by atoms with E-state index in [1.165, 1.54) is 7.11 Å². The normalized spacial score (nSPS) is 9.81. The van der Waals surface area contributed by atoms with Gasteiger partial charge in [-0.25, -0.2) is 0 Å². The fourth-order valence-corrected chi connectivity index (χ4v) is 1.55. The zero-order chi connectivity index (χ0) is 12.0. The maximum absolute atomic E-state index is 11.0. The van der Waals surface area contributed by atoms with E-state index >= 15 is 0 Å². The summed E-state index contributed by atoms with van der Waals surface area (Å²) >= 11 is 0. The van der Waals surface area contributed by atoms with Crippen LogP contribution in [0.5, 0.6) is 0 Å². The van der Waals surface area contributed by atoms with Crippen LogP contribution >= 0.6 is 0 Å². The standard InChI is InChI=1S/C11H14N2O3/c1-16-11(15)3-2-8-7-13-10(6-12)9(8)4-5-14/h7,13-14H,2-5H2,1H3/i6+1. The number of aliphatic hydroxyl groups is 1. The fraction of sp³-hybridized carbons (Fsp3) is 0.455. The van der Waals surface area contributed by atoms with Gasteiger partial charge in [0.25, 0.3) is 0 Å². The molecule has 0 saturated carbocycles. The molecule has 1 aromatic rings. The first kappa shape index (κ1) is 12.3. The molecule has 0 aliphatic heterocycles. The number of hydrogen-bond acceptors (Lipinski definition) is 4. The van der Waals surface area contributed by atoms with Gasteiger partial charge in [-0.1, -0.05) is 0 Å². The molecule has 0 spiro atoms. The van der Waals surface area contributed by atoms with E-state index < -0.39 is 0 Å². The monoisotopic (exact) mass is 223 g/mol. The molecule has 1 rings (SSSR count). The quantitative estimate of drug-likeness (QED) is 0.563. The number of aliphatic hydroxyl groups excluding tert-OH is 1. The van der Waals surface area contributed by atoms with E-state index in [4.69, 9.17) is 10.4 Å². The topological polar surface area (TPSA) is 86.1 Å². The third-order valence-corrected chi connectivity index (χ3v) is 2.38. The molecule has 0 bridgehead atoms. The first-order valence-corrected chi connectivity index (χ1v) is 4.99. The molecule has 0 amide bonds. The second-order valence-electron chi connectivity index (χ2n) is 3.33. The van der Waals surface area contributed by atoms with Crippen LogP contribution < -0.4 is 0 Å². The maximum atomic E-state index is 11.0. The van der Waals surface area contributed by atoms with Crippen LogP contribution in [0.3, 0.4) is 0 Å². The van der Waals surface area contributed by atoms with Crippen LogP contribution in [0.25, 0.3) is 0 Å². The van der Waals surface area contributed by atoms with Crippen molar-refractivity contribution in [3.8, 4) is 6.07 Å². The number of H-pyrrole nitrogens is 1. The van der Waals surface area contributed by atoms with Crippen molar-refractivity contribution in [2.75, 3.05) is 13.7 Å². The van der Waals surface area contributed by atoms with Crippen molar-refractivity contribution >= 4 is 5.97 Å². The smallest absolute Gasteiger partial charge is 0.305 e. The number of ether oxygens (including phenoxy) is 1. The second-order valence-corrected chi connectivity index (χ2v) is 3.33. The molecular formula is C11H14N2O3. The number of nitrogens with zero attached hydrogens (tertiary/aromatic N) is 1. The molecule has 5 nitrogen and oxygen atoms in total. The molecule has 1 aromatic heterocycles. The van der Waals surface area contributed by atoms with Crippen molar-refractivity contribution in [3.05, 3.63) is 23.0 Å². The van der Waals surface area contributed by atoms with Crippen LogP contribution in [-0.2, 0) is 22.4 Å². The number of methoxy groups -OCH3 is 1. The summed E-state index contributed by atoms with van der Waals surface area (Å²) in [4.78, 5) is 13.8. The van der Waals surface area contributed by atoms with Crippen LogP contribution in [0, 0.1) is 11.3 Å².